The Morgan fingerprint density at radius 1 is 1.32 bits per heavy atom. The Morgan fingerprint density at radius 3 is 2.79 bits per heavy atom. The molecule has 2 aromatic rings. The monoisotopic (exact) mass is 405 g/mol. The number of ether oxygens (including phenoxy) is 2. The number of aliphatic hydroxyl groups excluding tert-OH is 1. The summed E-state index contributed by atoms with van der Waals surface area (Å²) in [5.74, 6) is -0.633. The zero-order valence-corrected chi connectivity index (χ0v) is 16.1. The number of nitrogens with zero attached hydrogens (tertiary/aromatic N) is 1. The first-order chi connectivity index (χ1) is 13.4. The summed E-state index contributed by atoms with van der Waals surface area (Å²) in [6.45, 7) is -0.0911. The van der Waals surface area contributed by atoms with Crippen LogP contribution in [0.25, 0.3) is 0 Å². The van der Waals surface area contributed by atoms with Crippen LogP contribution in [-0.2, 0) is 16.6 Å². The molecular weight excluding hydrogens is 386 g/mol. The molecule has 1 aliphatic carbocycles. The number of methoxy groups -OCH3 is 1. The summed E-state index contributed by atoms with van der Waals surface area (Å²) in [6, 6.07) is 9.44. The van der Waals surface area contributed by atoms with Crippen LogP contribution in [0.5, 0.6) is 5.75 Å². The van der Waals surface area contributed by atoms with E-state index in [0.29, 0.717) is 11.4 Å². The largest absolute Gasteiger partial charge is 0.486 e. The van der Waals surface area contributed by atoms with Gasteiger partial charge in [0.25, 0.3) is 0 Å². The molecule has 148 valence electrons. The van der Waals surface area contributed by atoms with E-state index < -0.39 is 16.3 Å². The molecule has 0 unspecified atom stereocenters. The highest BCUT2D eigenvalue weighted by molar-refractivity contribution is 6.30. The maximum absolute atomic E-state index is 11.6. The number of hydrogen-bond donors (Lipinski definition) is 1. The lowest BCUT2D eigenvalue weighted by molar-refractivity contribution is -0.386. The van der Waals surface area contributed by atoms with Crippen molar-refractivity contribution in [2.45, 2.75) is 24.7 Å². The minimum Gasteiger partial charge on any atom is -0.486 e. The van der Waals surface area contributed by atoms with Crippen LogP contribution in [0, 0.1) is 10.1 Å². The molecule has 0 spiro atoms. The quantitative estimate of drug-likeness (QED) is 0.447. The van der Waals surface area contributed by atoms with Gasteiger partial charge in [0.05, 0.1) is 29.6 Å². The first-order valence-corrected chi connectivity index (χ1v) is 9.17. The van der Waals surface area contributed by atoms with E-state index in [2.05, 4.69) is 4.74 Å². The van der Waals surface area contributed by atoms with Gasteiger partial charge in [-0.3, -0.25) is 10.1 Å². The zero-order valence-electron chi connectivity index (χ0n) is 15.3. The van der Waals surface area contributed by atoms with Gasteiger partial charge in [-0.1, -0.05) is 17.7 Å². The predicted octanol–water partition coefficient (Wildman–Crippen LogP) is 3.68. The predicted molar refractivity (Wildman–Crippen MR) is 103 cm³/mol. The smallest absolute Gasteiger partial charge is 0.338 e. The van der Waals surface area contributed by atoms with Crippen LogP contribution in [0.3, 0.4) is 0 Å². The number of aliphatic hydroxyl groups is 1. The molecule has 0 radical (unpaired) electrons. The second-order valence-corrected chi connectivity index (χ2v) is 7.25. The molecule has 0 saturated heterocycles. The third-order valence-corrected chi connectivity index (χ3v) is 5.36. The topological polar surface area (TPSA) is 98.9 Å². The number of halogens is 1. The summed E-state index contributed by atoms with van der Waals surface area (Å²) in [4.78, 5) is 22.5. The van der Waals surface area contributed by atoms with Crippen LogP contribution < -0.4 is 4.74 Å². The number of carbonyl (C=O) groups excluding carboxylic acids is 1. The molecule has 28 heavy (non-hydrogen) atoms. The van der Waals surface area contributed by atoms with E-state index in [4.69, 9.17) is 16.3 Å². The van der Waals surface area contributed by atoms with Crippen molar-refractivity contribution >= 4 is 23.3 Å². The molecule has 1 N–H and O–H groups in total. The molecular formula is C20H20ClNO6. The SMILES string of the molecule is COC(=O)c1ccc(OC[C@]2(CO)CCCc3cc(Cl)ccc32)c([N+](=O)[O-])c1. The number of fused-ring (bicyclic) bond motifs is 1. The average molecular weight is 406 g/mol. The van der Waals surface area contributed by atoms with E-state index >= 15 is 0 Å². The first-order valence-electron chi connectivity index (χ1n) is 8.79. The number of aryl methyl sites for hydroxylation is 1. The van der Waals surface area contributed by atoms with Gasteiger partial charge in [0.15, 0.2) is 5.75 Å². The minimum atomic E-state index is -0.674. The standard InChI is InChI=1S/C20H20ClNO6/c1-27-19(24)14-4-7-18(17(10-14)22(25)26)28-12-20(11-23)8-2-3-13-9-15(21)5-6-16(13)20/h4-7,9-10,23H,2-3,8,11-12H2,1H3/t20-/m1/s1. The maximum atomic E-state index is 11.6. The lowest BCUT2D eigenvalue weighted by Crippen LogP contribution is -2.40. The molecule has 8 heteroatoms. The summed E-state index contributed by atoms with van der Waals surface area (Å²) >= 11 is 6.09. The highest BCUT2D eigenvalue weighted by Gasteiger charge is 2.37. The van der Waals surface area contributed by atoms with Crippen molar-refractivity contribution in [2.75, 3.05) is 20.3 Å². The summed E-state index contributed by atoms with van der Waals surface area (Å²) in [5, 5.41) is 22.2. The second-order valence-electron chi connectivity index (χ2n) is 6.81. The Morgan fingerprint density at radius 2 is 2.11 bits per heavy atom. The normalized spacial score (nSPS) is 18.2. The lowest BCUT2D eigenvalue weighted by atomic mass is 9.71. The second kappa shape index (κ2) is 8.16. The van der Waals surface area contributed by atoms with Crippen molar-refractivity contribution in [1.29, 1.82) is 0 Å². The van der Waals surface area contributed by atoms with E-state index in [1.807, 2.05) is 12.1 Å². The van der Waals surface area contributed by atoms with Crippen molar-refractivity contribution in [3.8, 4) is 5.75 Å². The first kappa shape index (κ1) is 20.1. The molecule has 1 aliphatic rings. The van der Waals surface area contributed by atoms with Gasteiger partial charge in [-0.15, -0.1) is 0 Å². The van der Waals surface area contributed by atoms with Gasteiger partial charge in [0, 0.05) is 11.1 Å². The molecule has 0 aromatic heterocycles. The molecule has 2 aromatic carbocycles. The Kier molecular flexibility index (Phi) is 5.86. The fourth-order valence-electron chi connectivity index (χ4n) is 3.64. The molecule has 0 bridgehead atoms. The summed E-state index contributed by atoms with van der Waals surface area (Å²) < 4.78 is 10.4. The number of nitro groups is 1. The minimum absolute atomic E-state index is 0.0339. The number of rotatable bonds is 6. The Balaban J connectivity index is 1.91. The molecule has 0 saturated carbocycles. The van der Waals surface area contributed by atoms with E-state index in [1.165, 1.54) is 19.2 Å². The van der Waals surface area contributed by atoms with Gasteiger partial charge >= 0.3 is 11.7 Å². The van der Waals surface area contributed by atoms with Crippen molar-refractivity contribution in [1.82, 2.24) is 0 Å². The lowest BCUT2D eigenvalue weighted by Gasteiger charge is -2.37. The Bertz CT molecular complexity index is 916. The summed E-state index contributed by atoms with van der Waals surface area (Å²) in [5.41, 5.74) is 1.05. The maximum Gasteiger partial charge on any atom is 0.338 e. The molecule has 1 atom stereocenters. The van der Waals surface area contributed by atoms with Crippen LogP contribution >= 0.6 is 11.6 Å². The molecule has 0 amide bonds. The zero-order chi connectivity index (χ0) is 20.3. The third kappa shape index (κ3) is 3.81. The molecule has 7 nitrogen and oxygen atoms in total. The van der Waals surface area contributed by atoms with Crippen LogP contribution in [0.15, 0.2) is 36.4 Å². The van der Waals surface area contributed by atoms with Gasteiger partial charge in [0.2, 0.25) is 0 Å². The van der Waals surface area contributed by atoms with Gasteiger partial charge < -0.3 is 14.6 Å². The number of nitro benzene ring substituents is 1. The number of carbonyl (C=O) groups is 1. The molecule has 0 aliphatic heterocycles. The molecule has 0 fully saturated rings. The van der Waals surface area contributed by atoms with Crippen LogP contribution in [0.4, 0.5) is 5.69 Å². The van der Waals surface area contributed by atoms with Crippen molar-refractivity contribution in [3.05, 3.63) is 68.2 Å². The number of hydrogen-bond acceptors (Lipinski definition) is 6. The van der Waals surface area contributed by atoms with Crippen LogP contribution in [0.2, 0.25) is 5.02 Å². The van der Waals surface area contributed by atoms with Gasteiger partial charge in [0.1, 0.15) is 6.61 Å². The van der Waals surface area contributed by atoms with Gasteiger partial charge in [-0.05, 0) is 54.7 Å². The van der Waals surface area contributed by atoms with E-state index in [1.54, 1.807) is 6.07 Å². The average Bonchev–Trinajstić information content (AvgIpc) is 2.71. The van der Waals surface area contributed by atoms with Crippen molar-refractivity contribution < 1.29 is 24.3 Å². The molecule has 0 heterocycles. The van der Waals surface area contributed by atoms with Gasteiger partial charge in [-0.25, -0.2) is 4.79 Å². The van der Waals surface area contributed by atoms with E-state index in [-0.39, 0.29) is 30.2 Å². The van der Waals surface area contributed by atoms with E-state index in [0.717, 1.165) is 30.0 Å². The van der Waals surface area contributed by atoms with Gasteiger partial charge in [-0.2, -0.15) is 0 Å². The highest BCUT2D eigenvalue weighted by atomic mass is 35.5. The Hall–Kier alpha value is -2.64. The van der Waals surface area contributed by atoms with Crippen molar-refractivity contribution in [3.63, 3.8) is 0 Å². The summed E-state index contributed by atoms with van der Waals surface area (Å²) in [7, 11) is 1.20. The Labute approximate surface area is 167 Å². The van der Waals surface area contributed by atoms with Crippen LogP contribution in [0.1, 0.15) is 34.3 Å². The fourth-order valence-corrected chi connectivity index (χ4v) is 3.84. The molecule has 3 rings (SSSR count). The van der Waals surface area contributed by atoms with E-state index in [9.17, 15) is 20.0 Å². The fraction of sp³-hybridized carbons (Fsp3) is 0.350. The number of benzene rings is 2. The number of esters is 1. The van der Waals surface area contributed by atoms with Crippen molar-refractivity contribution in [2.24, 2.45) is 0 Å². The third-order valence-electron chi connectivity index (χ3n) is 5.12. The summed E-state index contributed by atoms with van der Waals surface area (Å²) in [6.07, 6.45) is 2.39. The van der Waals surface area contributed by atoms with Crippen LogP contribution in [-0.4, -0.2) is 36.3 Å². The highest BCUT2D eigenvalue weighted by Crippen LogP contribution is 2.39.